The van der Waals surface area contributed by atoms with E-state index in [2.05, 4.69) is 46.3 Å². The first-order valence-electron chi connectivity index (χ1n) is 9.21. The van der Waals surface area contributed by atoms with Gasteiger partial charge in [0.15, 0.2) is 0 Å². The van der Waals surface area contributed by atoms with Gasteiger partial charge in [-0.3, -0.25) is 10.00 Å². The molecule has 1 aromatic heterocycles. The van der Waals surface area contributed by atoms with Gasteiger partial charge in [0.25, 0.3) is 0 Å². The second kappa shape index (κ2) is 7.28. The molecule has 25 heavy (non-hydrogen) atoms. The van der Waals surface area contributed by atoms with Crippen molar-refractivity contribution >= 4 is 0 Å². The van der Waals surface area contributed by atoms with Crippen molar-refractivity contribution in [3.05, 3.63) is 41.6 Å². The average molecular weight is 341 g/mol. The maximum absolute atomic E-state index is 5.94. The van der Waals surface area contributed by atoms with E-state index in [1.165, 1.54) is 16.7 Å². The Morgan fingerprint density at radius 2 is 1.92 bits per heavy atom. The maximum atomic E-state index is 5.94. The largest absolute Gasteiger partial charge is 0.381 e. The summed E-state index contributed by atoms with van der Waals surface area (Å²) in [7, 11) is 0. The summed E-state index contributed by atoms with van der Waals surface area (Å²) < 4.78 is 11.5. The maximum Gasteiger partial charge on any atom is 0.0695 e. The van der Waals surface area contributed by atoms with E-state index in [1.807, 2.05) is 6.20 Å². The smallest absolute Gasteiger partial charge is 0.0695 e. The first-order valence-corrected chi connectivity index (χ1v) is 9.21. The fraction of sp³-hybridized carbons (Fsp3) is 0.550. The molecule has 5 nitrogen and oxygen atoms in total. The Hall–Kier alpha value is -1.69. The van der Waals surface area contributed by atoms with E-state index in [0.717, 1.165) is 64.6 Å². The van der Waals surface area contributed by atoms with Gasteiger partial charge < -0.3 is 9.47 Å². The summed E-state index contributed by atoms with van der Waals surface area (Å²) in [5.41, 5.74) is 5.11. The van der Waals surface area contributed by atoms with Crippen molar-refractivity contribution in [1.82, 2.24) is 15.1 Å². The van der Waals surface area contributed by atoms with E-state index in [0.29, 0.717) is 0 Å². The van der Waals surface area contributed by atoms with Crippen LogP contribution in [0.1, 0.15) is 24.0 Å². The van der Waals surface area contributed by atoms with Crippen molar-refractivity contribution in [2.24, 2.45) is 5.41 Å². The van der Waals surface area contributed by atoms with Crippen LogP contribution in [0.2, 0.25) is 0 Å². The van der Waals surface area contributed by atoms with Gasteiger partial charge in [0.1, 0.15) is 0 Å². The molecule has 0 unspecified atom stereocenters. The number of hydrogen-bond acceptors (Lipinski definition) is 4. The minimum Gasteiger partial charge on any atom is -0.381 e. The second-order valence-corrected chi connectivity index (χ2v) is 7.51. The topological polar surface area (TPSA) is 50.4 Å². The zero-order valence-electron chi connectivity index (χ0n) is 15.0. The van der Waals surface area contributed by atoms with Crippen molar-refractivity contribution in [2.45, 2.75) is 26.3 Å². The fourth-order valence-corrected chi connectivity index (χ4v) is 3.97. The van der Waals surface area contributed by atoms with E-state index < -0.39 is 0 Å². The minimum atomic E-state index is 0.252. The molecular formula is C20H27N3O2. The van der Waals surface area contributed by atoms with E-state index >= 15 is 0 Å². The lowest BCUT2D eigenvalue weighted by molar-refractivity contribution is -0.0320. The molecule has 5 heteroatoms. The van der Waals surface area contributed by atoms with Crippen LogP contribution in [0.25, 0.3) is 11.3 Å². The van der Waals surface area contributed by atoms with Gasteiger partial charge >= 0.3 is 0 Å². The summed E-state index contributed by atoms with van der Waals surface area (Å²) in [5.74, 6) is 0. The quantitative estimate of drug-likeness (QED) is 0.932. The van der Waals surface area contributed by atoms with E-state index in [9.17, 15) is 0 Å². The predicted octanol–water partition coefficient (Wildman–Crippen LogP) is 3.01. The molecule has 0 saturated carbocycles. The van der Waals surface area contributed by atoms with Crippen LogP contribution in [-0.2, 0) is 16.0 Å². The molecule has 0 radical (unpaired) electrons. The van der Waals surface area contributed by atoms with Gasteiger partial charge in [-0.1, -0.05) is 29.8 Å². The molecule has 2 aromatic rings. The molecule has 3 heterocycles. The van der Waals surface area contributed by atoms with Crippen LogP contribution in [0, 0.1) is 12.3 Å². The number of nitrogens with zero attached hydrogens (tertiary/aromatic N) is 2. The molecule has 1 N–H and O–H groups in total. The molecular weight excluding hydrogens is 314 g/mol. The molecule has 0 atom stereocenters. The van der Waals surface area contributed by atoms with Gasteiger partial charge in [-0.2, -0.15) is 5.10 Å². The summed E-state index contributed by atoms with van der Waals surface area (Å²) in [6.07, 6.45) is 4.16. The predicted molar refractivity (Wildman–Crippen MR) is 97.3 cm³/mol. The number of benzene rings is 1. The Bertz CT molecular complexity index is 689. The summed E-state index contributed by atoms with van der Waals surface area (Å²) in [4.78, 5) is 2.53. The molecule has 2 saturated heterocycles. The summed E-state index contributed by atoms with van der Waals surface area (Å²) >= 11 is 0. The van der Waals surface area contributed by atoms with Crippen LogP contribution in [0.15, 0.2) is 30.5 Å². The highest BCUT2D eigenvalue weighted by atomic mass is 16.5. The molecule has 2 fully saturated rings. The fourth-order valence-electron chi connectivity index (χ4n) is 3.97. The number of aryl methyl sites for hydroxylation is 1. The number of H-pyrrole nitrogens is 1. The Balaban J connectivity index is 1.51. The highest BCUT2D eigenvalue weighted by Gasteiger charge is 2.36. The summed E-state index contributed by atoms with van der Waals surface area (Å²) in [6, 6.07) is 8.63. The number of nitrogens with one attached hydrogen (secondary N) is 1. The standard InChI is InChI=1S/C20H27N3O2/c1-16-2-4-17(5-3-16)19-18(12-21-22-19)13-23-8-11-25-15-20(14-23)6-9-24-10-7-20/h2-5,12H,6-11,13-15H2,1H3,(H,21,22). The molecule has 134 valence electrons. The number of aromatic nitrogens is 2. The molecule has 0 amide bonds. The van der Waals surface area contributed by atoms with Crippen molar-refractivity contribution in [1.29, 1.82) is 0 Å². The first-order chi connectivity index (χ1) is 12.2. The van der Waals surface area contributed by atoms with E-state index in [1.54, 1.807) is 0 Å². The Kier molecular flexibility index (Phi) is 4.88. The Morgan fingerprint density at radius 3 is 2.72 bits per heavy atom. The minimum absolute atomic E-state index is 0.252. The van der Waals surface area contributed by atoms with E-state index in [-0.39, 0.29) is 5.41 Å². The molecule has 4 rings (SSSR count). The molecule has 2 aliphatic rings. The Labute approximate surface area is 149 Å². The van der Waals surface area contributed by atoms with Crippen LogP contribution in [-0.4, -0.2) is 54.6 Å². The third kappa shape index (κ3) is 3.78. The number of aromatic amines is 1. The normalized spacial score (nSPS) is 21.3. The van der Waals surface area contributed by atoms with E-state index in [4.69, 9.17) is 9.47 Å². The van der Waals surface area contributed by atoms with Gasteiger partial charge in [0, 0.05) is 43.8 Å². The van der Waals surface area contributed by atoms with Crippen molar-refractivity contribution in [3.8, 4) is 11.3 Å². The van der Waals surface area contributed by atoms with Crippen molar-refractivity contribution in [3.63, 3.8) is 0 Å². The lowest BCUT2D eigenvalue weighted by atomic mass is 9.80. The zero-order valence-corrected chi connectivity index (χ0v) is 15.0. The monoisotopic (exact) mass is 341 g/mol. The van der Waals surface area contributed by atoms with Crippen LogP contribution in [0.3, 0.4) is 0 Å². The summed E-state index contributed by atoms with van der Waals surface area (Å²) in [6.45, 7) is 8.46. The van der Waals surface area contributed by atoms with Gasteiger partial charge in [-0.25, -0.2) is 0 Å². The summed E-state index contributed by atoms with van der Waals surface area (Å²) in [5, 5.41) is 7.50. The van der Waals surface area contributed by atoms with Gasteiger partial charge in [-0.15, -0.1) is 0 Å². The third-order valence-electron chi connectivity index (χ3n) is 5.52. The third-order valence-corrected chi connectivity index (χ3v) is 5.52. The second-order valence-electron chi connectivity index (χ2n) is 7.51. The number of ether oxygens (including phenoxy) is 2. The molecule has 1 aromatic carbocycles. The first kappa shape index (κ1) is 16.8. The molecule has 2 aliphatic heterocycles. The number of hydrogen-bond donors (Lipinski definition) is 1. The van der Waals surface area contributed by atoms with Gasteiger partial charge in [-0.05, 0) is 25.3 Å². The van der Waals surface area contributed by atoms with Crippen LogP contribution >= 0.6 is 0 Å². The Morgan fingerprint density at radius 1 is 1.12 bits per heavy atom. The average Bonchev–Trinajstić information content (AvgIpc) is 2.99. The lowest BCUT2D eigenvalue weighted by Gasteiger charge is -2.38. The molecule has 0 bridgehead atoms. The van der Waals surface area contributed by atoms with Crippen molar-refractivity contribution in [2.75, 3.05) is 39.5 Å². The van der Waals surface area contributed by atoms with Crippen LogP contribution in [0.5, 0.6) is 0 Å². The van der Waals surface area contributed by atoms with Gasteiger partial charge in [0.2, 0.25) is 0 Å². The highest BCUT2D eigenvalue weighted by Crippen LogP contribution is 2.34. The van der Waals surface area contributed by atoms with Crippen molar-refractivity contribution < 1.29 is 9.47 Å². The van der Waals surface area contributed by atoms with Crippen LogP contribution in [0.4, 0.5) is 0 Å². The number of rotatable bonds is 3. The molecule has 1 spiro atoms. The van der Waals surface area contributed by atoms with Crippen LogP contribution < -0.4 is 0 Å². The lowest BCUT2D eigenvalue weighted by Crippen LogP contribution is -2.42. The molecule has 0 aliphatic carbocycles. The zero-order chi connectivity index (χ0) is 17.1. The highest BCUT2D eigenvalue weighted by molar-refractivity contribution is 5.62. The SMILES string of the molecule is Cc1ccc(-c2[nH]ncc2CN2CCOCC3(CCOCC3)C2)cc1. The van der Waals surface area contributed by atoms with Gasteiger partial charge in [0.05, 0.1) is 25.1 Å².